The van der Waals surface area contributed by atoms with E-state index in [-0.39, 0.29) is 18.0 Å². The van der Waals surface area contributed by atoms with Gasteiger partial charge in [-0.25, -0.2) is 4.79 Å². The molecule has 148 valence electrons. The molecule has 7 heteroatoms. The average molecular weight is 388 g/mol. The molecule has 0 bridgehead atoms. The summed E-state index contributed by atoms with van der Waals surface area (Å²) in [6.45, 7) is 5.31. The number of nitrogens with one attached hydrogen (secondary N) is 1. The van der Waals surface area contributed by atoms with Crippen molar-refractivity contribution in [2.75, 3.05) is 6.54 Å². The summed E-state index contributed by atoms with van der Waals surface area (Å²) in [5.74, 6) is 0.892. The Kier molecular flexibility index (Phi) is 5.17. The maximum Gasteiger partial charge on any atom is 0.318 e. The van der Waals surface area contributed by atoms with Gasteiger partial charge in [-0.3, -0.25) is 4.40 Å². The normalized spacial score (nSPS) is 14.5. The molecule has 0 saturated heterocycles. The molecule has 0 spiro atoms. The molecule has 1 aliphatic heterocycles. The number of nitrogens with zero attached hydrogens (tertiary/aromatic N) is 5. The molecule has 2 amide bonds. The van der Waals surface area contributed by atoms with E-state index in [1.807, 2.05) is 51.9 Å². The van der Waals surface area contributed by atoms with Crippen molar-refractivity contribution in [1.29, 1.82) is 5.26 Å². The Balaban J connectivity index is 1.54. The number of rotatable bonds is 4. The highest BCUT2D eigenvalue weighted by Gasteiger charge is 2.28. The second-order valence-corrected chi connectivity index (χ2v) is 7.72. The number of aromatic nitrogens is 3. The highest BCUT2D eigenvalue weighted by Crippen LogP contribution is 2.25. The highest BCUT2D eigenvalue weighted by atomic mass is 16.2. The van der Waals surface area contributed by atoms with E-state index in [4.69, 9.17) is 5.26 Å². The van der Waals surface area contributed by atoms with Crippen LogP contribution in [0.3, 0.4) is 0 Å². The number of hydrogen-bond acceptors (Lipinski definition) is 4. The lowest BCUT2D eigenvalue weighted by Crippen LogP contribution is -2.45. The molecule has 0 radical (unpaired) electrons. The SMILES string of the molecule is CC(C)C(NC(=O)N1CCc2c(CC#N)cccc2C1)c1nnc2ccccn12. The molecule has 2 aromatic heterocycles. The summed E-state index contributed by atoms with van der Waals surface area (Å²) in [5, 5.41) is 20.8. The van der Waals surface area contributed by atoms with Crippen LogP contribution < -0.4 is 5.32 Å². The first-order valence-electron chi connectivity index (χ1n) is 9.90. The zero-order chi connectivity index (χ0) is 20.4. The Morgan fingerprint density at radius 2 is 2.10 bits per heavy atom. The largest absolute Gasteiger partial charge is 0.328 e. The van der Waals surface area contributed by atoms with Crippen molar-refractivity contribution in [2.45, 2.75) is 39.3 Å². The van der Waals surface area contributed by atoms with Gasteiger partial charge in [0.15, 0.2) is 11.5 Å². The van der Waals surface area contributed by atoms with Crippen LogP contribution >= 0.6 is 0 Å². The van der Waals surface area contributed by atoms with Gasteiger partial charge in [-0.15, -0.1) is 10.2 Å². The van der Waals surface area contributed by atoms with Crippen molar-refractivity contribution in [2.24, 2.45) is 5.92 Å². The molecule has 1 N–H and O–H groups in total. The van der Waals surface area contributed by atoms with E-state index in [2.05, 4.69) is 35.4 Å². The summed E-state index contributed by atoms with van der Waals surface area (Å²) in [4.78, 5) is 14.9. The topological polar surface area (TPSA) is 86.3 Å². The van der Waals surface area contributed by atoms with Crippen LogP contribution in [-0.2, 0) is 19.4 Å². The Morgan fingerprint density at radius 3 is 2.90 bits per heavy atom. The van der Waals surface area contributed by atoms with Crippen molar-refractivity contribution < 1.29 is 4.79 Å². The lowest BCUT2D eigenvalue weighted by molar-refractivity contribution is 0.183. The minimum Gasteiger partial charge on any atom is -0.328 e. The maximum atomic E-state index is 13.1. The number of urea groups is 1. The summed E-state index contributed by atoms with van der Waals surface area (Å²) in [6, 6.07) is 13.6. The Morgan fingerprint density at radius 1 is 1.24 bits per heavy atom. The van der Waals surface area contributed by atoms with E-state index in [1.165, 1.54) is 5.56 Å². The van der Waals surface area contributed by atoms with Gasteiger partial charge >= 0.3 is 6.03 Å². The van der Waals surface area contributed by atoms with Gasteiger partial charge in [-0.2, -0.15) is 5.26 Å². The van der Waals surface area contributed by atoms with E-state index in [9.17, 15) is 4.79 Å². The van der Waals surface area contributed by atoms with Gasteiger partial charge in [-0.05, 0) is 41.2 Å². The number of carbonyl (C=O) groups is 1. The van der Waals surface area contributed by atoms with Crippen molar-refractivity contribution >= 4 is 11.7 Å². The second kappa shape index (κ2) is 7.92. The van der Waals surface area contributed by atoms with E-state index in [0.717, 1.165) is 29.0 Å². The van der Waals surface area contributed by atoms with Gasteiger partial charge in [0, 0.05) is 19.3 Å². The van der Waals surface area contributed by atoms with Gasteiger partial charge in [0.05, 0.1) is 18.5 Å². The Bertz CT molecular complexity index is 1080. The van der Waals surface area contributed by atoms with Crippen molar-refractivity contribution in [3.8, 4) is 6.07 Å². The van der Waals surface area contributed by atoms with Gasteiger partial charge in [0.2, 0.25) is 0 Å². The highest BCUT2D eigenvalue weighted by molar-refractivity contribution is 5.75. The molecule has 4 rings (SSSR count). The number of fused-ring (bicyclic) bond motifs is 2. The summed E-state index contributed by atoms with van der Waals surface area (Å²) in [6.07, 6.45) is 3.09. The Hall–Kier alpha value is -3.40. The summed E-state index contributed by atoms with van der Waals surface area (Å²) in [5.41, 5.74) is 4.16. The monoisotopic (exact) mass is 388 g/mol. The van der Waals surface area contributed by atoms with Crippen LogP contribution in [0.1, 0.15) is 42.4 Å². The number of amides is 2. The van der Waals surface area contributed by atoms with Gasteiger partial charge in [0.25, 0.3) is 0 Å². The fourth-order valence-corrected chi connectivity index (χ4v) is 3.94. The second-order valence-electron chi connectivity index (χ2n) is 7.72. The van der Waals surface area contributed by atoms with Crippen molar-refractivity contribution in [3.63, 3.8) is 0 Å². The maximum absolute atomic E-state index is 13.1. The van der Waals surface area contributed by atoms with Crippen LogP contribution in [0, 0.1) is 17.2 Å². The quantitative estimate of drug-likeness (QED) is 0.743. The first kappa shape index (κ1) is 18.9. The number of benzene rings is 1. The van der Waals surface area contributed by atoms with E-state index >= 15 is 0 Å². The molecular formula is C22H24N6O. The van der Waals surface area contributed by atoms with Crippen LogP contribution in [0.2, 0.25) is 0 Å². The number of carbonyl (C=O) groups excluding carboxylic acids is 1. The third kappa shape index (κ3) is 3.66. The molecule has 29 heavy (non-hydrogen) atoms. The first-order chi connectivity index (χ1) is 14.1. The third-order valence-electron chi connectivity index (χ3n) is 5.48. The minimum absolute atomic E-state index is 0.104. The standard InChI is InChI=1S/C22H24N6O/c1-15(2)20(21-26-25-19-8-3-4-12-28(19)21)24-22(29)27-13-10-18-16(9-11-23)6-5-7-17(18)14-27/h3-8,12,15,20H,9-10,13-14H2,1-2H3,(H,24,29). The van der Waals surface area contributed by atoms with Gasteiger partial charge < -0.3 is 10.2 Å². The predicted octanol–water partition coefficient (Wildman–Crippen LogP) is 3.26. The number of hydrogen-bond donors (Lipinski definition) is 1. The molecule has 1 aromatic carbocycles. The van der Waals surface area contributed by atoms with E-state index in [1.54, 1.807) is 0 Å². The van der Waals surface area contributed by atoms with E-state index in [0.29, 0.717) is 19.5 Å². The van der Waals surface area contributed by atoms with Crippen LogP contribution in [0.5, 0.6) is 0 Å². The number of nitriles is 1. The zero-order valence-electron chi connectivity index (χ0n) is 16.7. The Labute approximate surface area is 170 Å². The van der Waals surface area contributed by atoms with Gasteiger partial charge in [-0.1, -0.05) is 38.1 Å². The molecule has 0 fully saturated rings. The van der Waals surface area contributed by atoms with Gasteiger partial charge in [0.1, 0.15) is 0 Å². The molecule has 3 aromatic rings. The van der Waals surface area contributed by atoms with Crippen LogP contribution in [0.15, 0.2) is 42.6 Å². The van der Waals surface area contributed by atoms with Crippen LogP contribution in [0.4, 0.5) is 4.79 Å². The van der Waals surface area contributed by atoms with Crippen LogP contribution in [-0.4, -0.2) is 32.1 Å². The first-order valence-corrected chi connectivity index (χ1v) is 9.90. The summed E-state index contributed by atoms with van der Waals surface area (Å²) < 4.78 is 1.92. The van der Waals surface area contributed by atoms with Crippen molar-refractivity contribution in [1.82, 2.24) is 24.8 Å². The lowest BCUT2D eigenvalue weighted by atomic mass is 9.93. The fourth-order valence-electron chi connectivity index (χ4n) is 3.94. The molecule has 0 aliphatic carbocycles. The molecule has 3 heterocycles. The smallest absolute Gasteiger partial charge is 0.318 e. The molecule has 7 nitrogen and oxygen atoms in total. The predicted molar refractivity (Wildman–Crippen MR) is 109 cm³/mol. The molecular weight excluding hydrogens is 364 g/mol. The number of pyridine rings is 1. The minimum atomic E-state index is -0.244. The summed E-state index contributed by atoms with van der Waals surface area (Å²) >= 11 is 0. The average Bonchev–Trinajstić information content (AvgIpc) is 3.15. The molecule has 1 atom stereocenters. The zero-order valence-corrected chi connectivity index (χ0v) is 16.7. The van der Waals surface area contributed by atoms with Crippen LogP contribution in [0.25, 0.3) is 5.65 Å². The summed E-state index contributed by atoms with van der Waals surface area (Å²) in [7, 11) is 0. The lowest BCUT2D eigenvalue weighted by Gasteiger charge is -2.32. The molecule has 1 aliphatic rings. The molecule has 1 unspecified atom stereocenters. The third-order valence-corrected chi connectivity index (χ3v) is 5.48. The fraction of sp³-hybridized carbons (Fsp3) is 0.364. The molecule has 0 saturated carbocycles. The van der Waals surface area contributed by atoms with E-state index < -0.39 is 0 Å². The van der Waals surface area contributed by atoms with Crippen molar-refractivity contribution in [3.05, 3.63) is 65.1 Å².